The average Bonchev–Trinajstić information content (AvgIpc) is 3.42. The maximum Gasteiger partial charge on any atom is 0.0594 e. The maximum atomic E-state index is 5.72. The molecular formula is C28H48N2O2S2. The van der Waals surface area contributed by atoms with E-state index in [2.05, 4.69) is 59.1 Å². The summed E-state index contributed by atoms with van der Waals surface area (Å²) in [5.41, 5.74) is 1.92. The Morgan fingerprint density at radius 1 is 0.647 bits per heavy atom. The first-order chi connectivity index (χ1) is 16.3. The zero-order valence-corrected chi connectivity index (χ0v) is 23.8. The number of hydrogen-bond donors (Lipinski definition) is 0. The highest BCUT2D eigenvalue weighted by Gasteiger charge is 2.66. The molecule has 6 heteroatoms. The van der Waals surface area contributed by atoms with Crippen molar-refractivity contribution in [1.29, 1.82) is 0 Å². The minimum absolute atomic E-state index is 0.475. The zero-order valence-electron chi connectivity index (χ0n) is 22.2. The van der Waals surface area contributed by atoms with Gasteiger partial charge in [0.15, 0.2) is 0 Å². The third-order valence-corrected chi connectivity index (χ3v) is 15.1. The Labute approximate surface area is 216 Å². The molecule has 4 aliphatic carbocycles. The van der Waals surface area contributed by atoms with Crippen LogP contribution in [0.5, 0.6) is 0 Å². The van der Waals surface area contributed by atoms with Crippen LogP contribution in [0.2, 0.25) is 0 Å². The van der Waals surface area contributed by atoms with Crippen LogP contribution in [0.4, 0.5) is 0 Å². The number of rotatable bonds is 7. The van der Waals surface area contributed by atoms with E-state index in [1.54, 1.807) is 0 Å². The van der Waals surface area contributed by atoms with Crippen molar-refractivity contribution in [3.8, 4) is 0 Å². The summed E-state index contributed by atoms with van der Waals surface area (Å²) in [5.74, 6) is 4.51. The van der Waals surface area contributed by atoms with Crippen molar-refractivity contribution in [3.63, 3.8) is 0 Å². The molecule has 0 aromatic carbocycles. The fraction of sp³-hybridized carbons (Fsp3) is 1.00. The van der Waals surface area contributed by atoms with Crippen LogP contribution in [0.25, 0.3) is 0 Å². The molecule has 194 valence electrons. The van der Waals surface area contributed by atoms with E-state index >= 15 is 0 Å². The standard InChI is InChI=1S/C28H48N2O2S2/c1-25(2)21-5-7-27(25,23(17-21)29-9-13-31-14-10-29)19-33-34-20-28-8-6-22(26(28,3)4)18-24(28)30-11-15-32-16-12-30/h21-24H,5-20H2,1-4H3/t21-,22?,23-,24?,27-,28?/m1/s1. The normalized spacial score (nSPS) is 45.9. The Morgan fingerprint density at radius 3 is 1.38 bits per heavy atom. The minimum atomic E-state index is 0.475. The van der Waals surface area contributed by atoms with E-state index in [9.17, 15) is 0 Å². The Morgan fingerprint density at radius 2 is 1.03 bits per heavy atom. The summed E-state index contributed by atoms with van der Waals surface area (Å²) in [6.45, 7) is 18.8. The molecule has 4 nitrogen and oxygen atoms in total. The summed E-state index contributed by atoms with van der Waals surface area (Å²) in [5, 5.41) is 0. The topological polar surface area (TPSA) is 24.9 Å². The SMILES string of the molecule is CC1(C)C2CCC1(CSSC[C@]13CC[C@H](C[C@H]1N1CCOCC1)C3(C)C)C(N1CCOCC1)C2. The highest BCUT2D eigenvalue weighted by Crippen LogP contribution is 2.70. The van der Waals surface area contributed by atoms with Gasteiger partial charge in [0.05, 0.1) is 26.4 Å². The number of fused-ring (bicyclic) bond motifs is 4. The third-order valence-electron chi connectivity index (χ3n) is 12.5. The Balaban J connectivity index is 1.15. The minimum Gasteiger partial charge on any atom is -0.379 e. The molecule has 0 N–H and O–H groups in total. The lowest BCUT2D eigenvalue weighted by Gasteiger charge is -2.49. The fourth-order valence-electron chi connectivity index (χ4n) is 9.83. The molecule has 2 heterocycles. The lowest BCUT2D eigenvalue weighted by atomic mass is 9.68. The van der Waals surface area contributed by atoms with Crippen LogP contribution in [0.15, 0.2) is 0 Å². The van der Waals surface area contributed by atoms with Crippen LogP contribution in [-0.2, 0) is 9.47 Å². The van der Waals surface area contributed by atoms with Crippen LogP contribution in [0.3, 0.4) is 0 Å². The third kappa shape index (κ3) is 3.55. The summed E-state index contributed by atoms with van der Waals surface area (Å²) in [4.78, 5) is 5.65. The molecule has 6 rings (SSSR count). The second kappa shape index (κ2) is 9.08. The van der Waals surface area contributed by atoms with E-state index in [1.165, 1.54) is 50.0 Å². The number of nitrogens with zero attached hydrogens (tertiary/aromatic N) is 2. The van der Waals surface area contributed by atoms with Gasteiger partial charge in [-0.25, -0.2) is 0 Å². The summed E-state index contributed by atoms with van der Waals surface area (Å²) in [6, 6.07) is 1.55. The smallest absolute Gasteiger partial charge is 0.0594 e. The van der Waals surface area contributed by atoms with Gasteiger partial charge in [-0.05, 0) is 61.2 Å². The van der Waals surface area contributed by atoms with Crippen LogP contribution in [-0.4, -0.2) is 86.0 Å². The average molecular weight is 509 g/mol. The molecule has 4 saturated carbocycles. The molecule has 6 fully saturated rings. The molecule has 0 amide bonds. The van der Waals surface area contributed by atoms with Gasteiger partial charge in [-0.15, -0.1) is 0 Å². The van der Waals surface area contributed by atoms with Crippen molar-refractivity contribution in [2.75, 3.05) is 64.1 Å². The van der Waals surface area contributed by atoms with Gasteiger partial charge in [-0.3, -0.25) is 9.80 Å². The molecule has 0 spiro atoms. The molecular weight excluding hydrogens is 460 g/mol. The van der Waals surface area contributed by atoms with Gasteiger partial charge >= 0.3 is 0 Å². The van der Waals surface area contributed by atoms with Gasteiger partial charge in [0, 0.05) is 60.6 Å². The van der Waals surface area contributed by atoms with Crippen LogP contribution >= 0.6 is 21.6 Å². The first-order valence-corrected chi connectivity index (χ1v) is 16.7. The van der Waals surface area contributed by atoms with Crippen molar-refractivity contribution < 1.29 is 9.47 Å². The highest BCUT2D eigenvalue weighted by atomic mass is 33.1. The lowest BCUT2D eigenvalue weighted by molar-refractivity contribution is -0.0253. The van der Waals surface area contributed by atoms with Crippen molar-refractivity contribution in [1.82, 2.24) is 9.80 Å². The van der Waals surface area contributed by atoms with Gasteiger partial charge in [0.25, 0.3) is 0 Å². The van der Waals surface area contributed by atoms with Crippen molar-refractivity contribution >= 4 is 21.6 Å². The first kappa shape index (κ1) is 24.9. The van der Waals surface area contributed by atoms with Crippen LogP contribution in [0, 0.1) is 33.5 Å². The largest absolute Gasteiger partial charge is 0.379 e. The second-order valence-electron chi connectivity index (χ2n) is 13.6. The number of hydrogen-bond acceptors (Lipinski definition) is 6. The predicted molar refractivity (Wildman–Crippen MR) is 144 cm³/mol. The van der Waals surface area contributed by atoms with Crippen molar-refractivity contribution in [2.24, 2.45) is 33.5 Å². The fourth-order valence-corrected chi connectivity index (χ4v) is 13.6. The summed E-state index contributed by atoms with van der Waals surface area (Å²) in [7, 11) is 4.51. The molecule has 0 radical (unpaired) electrons. The van der Waals surface area contributed by atoms with Gasteiger partial charge in [-0.1, -0.05) is 49.3 Å². The number of ether oxygens (including phenoxy) is 2. The maximum absolute atomic E-state index is 5.72. The second-order valence-corrected chi connectivity index (χ2v) is 16.0. The number of morpholine rings is 2. The van der Waals surface area contributed by atoms with Gasteiger partial charge < -0.3 is 9.47 Å². The van der Waals surface area contributed by atoms with Crippen molar-refractivity contribution in [2.45, 2.75) is 78.3 Å². The summed E-state index contributed by atoms with van der Waals surface area (Å²) < 4.78 is 11.4. The molecule has 0 aromatic rings. The molecule has 0 aromatic heterocycles. The molecule has 34 heavy (non-hydrogen) atoms. The highest BCUT2D eigenvalue weighted by molar-refractivity contribution is 8.76. The quantitative estimate of drug-likeness (QED) is 0.336. The lowest BCUT2D eigenvalue weighted by Crippen LogP contribution is -2.54. The zero-order chi connectivity index (χ0) is 23.6. The van der Waals surface area contributed by atoms with E-state index in [0.717, 1.165) is 76.5 Å². The monoisotopic (exact) mass is 508 g/mol. The molecule has 6 aliphatic rings. The Hall–Kier alpha value is 0.540. The van der Waals surface area contributed by atoms with Gasteiger partial charge in [-0.2, -0.15) is 0 Å². The summed E-state index contributed by atoms with van der Waals surface area (Å²) in [6.07, 6.45) is 8.64. The van der Waals surface area contributed by atoms with Crippen LogP contribution < -0.4 is 0 Å². The molecule has 6 atom stereocenters. The van der Waals surface area contributed by atoms with E-state index in [4.69, 9.17) is 9.47 Å². The molecule has 2 saturated heterocycles. The van der Waals surface area contributed by atoms with Crippen molar-refractivity contribution in [3.05, 3.63) is 0 Å². The van der Waals surface area contributed by atoms with Crippen LogP contribution in [0.1, 0.15) is 66.2 Å². The Kier molecular flexibility index (Phi) is 6.64. The predicted octanol–water partition coefficient (Wildman–Crippen LogP) is 5.42. The van der Waals surface area contributed by atoms with Gasteiger partial charge in [0.1, 0.15) is 0 Å². The van der Waals surface area contributed by atoms with E-state index < -0.39 is 0 Å². The molecule has 4 bridgehead atoms. The first-order valence-electron chi connectivity index (χ1n) is 14.2. The van der Waals surface area contributed by atoms with E-state index in [-0.39, 0.29) is 0 Å². The Bertz CT molecular complexity index is 689. The molecule has 3 unspecified atom stereocenters. The van der Waals surface area contributed by atoms with E-state index in [0.29, 0.717) is 21.7 Å². The van der Waals surface area contributed by atoms with E-state index in [1.807, 2.05) is 0 Å². The molecule has 2 aliphatic heterocycles. The van der Waals surface area contributed by atoms with Gasteiger partial charge in [0.2, 0.25) is 0 Å². The summed E-state index contributed by atoms with van der Waals surface area (Å²) >= 11 is 0.